The highest BCUT2D eigenvalue weighted by atomic mass is 32.2. The monoisotopic (exact) mass is 254 g/mol. The van der Waals surface area contributed by atoms with E-state index in [0.29, 0.717) is 10.3 Å². The standard InChI is InChI=1S/C9H10N4OS2/c1-14-9-12-11-8(15-9)13-16-7-4-2-6(10)3-5-7/h2-5H,10H2,1H3,(H,11,13). The second-order valence-corrected chi connectivity index (χ2v) is 4.67. The van der Waals surface area contributed by atoms with Gasteiger partial charge >= 0.3 is 0 Å². The van der Waals surface area contributed by atoms with Crippen molar-refractivity contribution in [3.8, 4) is 5.19 Å². The summed E-state index contributed by atoms with van der Waals surface area (Å²) in [5.74, 6) is 0. The number of anilines is 2. The number of aromatic nitrogens is 2. The molecule has 7 heteroatoms. The van der Waals surface area contributed by atoms with Crippen LogP contribution in [0.15, 0.2) is 29.2 Å². The predicted molar refractivity (Wildman–Crippen MR) is 66.8 cm³/mol. The van der Waals surface area contributed by atoms with Gasteiger partial charge in [-0.1, -0.05) is 5.10 Å². The van der Waals surface area contributed by atoms with Crippen LogP contribution in [0.25, 0.3) is 0 Å². The summed E-state index contributed by atoms with van der Waals surface area (Å²) in [5, 5.41) is 8.97. The Kier molecular flexibility index (Phi) is 3.47. The molecule has 2 rings (SSSR count). The fourth-order valence-electron chi connectivity index (χ4n) is 0.972. The molecule has 0 radical (unpaired) electrons. The van der Waals surface area contributed by atoms with Crippen LogP contribution in [-0.4, -0.2) is 17.3 Å². The first kappa shape index (κ1) is 11.0. The van der Waals surface area contributed by atoms with E-state index in [1.165, 1.54) is 23.3 Å². The fourth-order valence-corrected chi connectivity index (χ4v) is 2.19. The highest BCUT2D eigenvalue weighted by molar-refractivity contribution is 8.00. The van der Waals surface area contributed by atoms with Crippen molar-refractivity contribution in [2.75, 3.05) is 17.6 Å². The number of ether oxygens (including phenoxy) is 1. The van der Waals surface area contributed by atoms with Gasteiger partial charge in [0.1, 0.15) is 0 Å². The van der Waals surface area contributed by atoms with Crippen LogP contribution in [0.3, 0.4) is 0 Å². The molecule has 0 bridgehead atoms. The molecule has 16 heavy (non-hydrogen) atoms. The molecule has 0 saturated heterocycles. The highest BCUT2D eigenvalue weighted by Gasteiger charge is 2.03. The van der Waals surface area contributed by atoms with Gasteiger partial charge in [0.2, 0.25) is 5.13 Å². The average molecular weight is 254 g/mol. The second-order valence-electron chi connectivity index (χ2n) is 2.85. The van der Waals surface area contributed by atoms with Gasteiger partial charge in [-0.05, 0) is 47.6 Å². The SMILES string of the molecule is COc1nnc(NSc2ccc(N)cc2)s1. The molecule has 1 heterocycles. The predicted octanol–water partition coefficient (Wildman–Crippen LogP) is 2.25. The van der Waals surface area contributed by atoms with Crippen molar-refractivity contribution in [1.82, 2.24) is 10.2 Å². The van der Waals surface area contributed by atoms with Crippen LogP contribution in [0, 0.1) is 0 Å². The lowest BCUT2D eigenvalue weighted by Gasteiger charge is -2.00. The van der Waals surface area contributed by atoms with E-state index in [0.717, 1.165) is 10.6 Å². The molecule has 0 aliphatic rings. The molecule has 1 aromatic carbocycles. The summed E-state index contributed by atoms with van der Waals surface area (Å²) in [6.07, 6.45) is 0. The number of benzene rings is 1. The number of nitrogens with zero attached hydrogens (tertiary/aromatic N) is 2. The van der Waals surface area contributed by atoms with Crippen LogP contribution >= 0.6 is 23.3 Å². The zero-order valence-electron chi connectivity index (χ0n) is 8.51. The Bertz CT molecular complexity index is 457. The maximum atomic E-state index is 5.59. The molecule has 5 nitrogen and oxygen atoms in total. The van der Waals surface area contributed by atoms with Gasteiger partial charge in [0.15, 0.2) is 0 Å². The van der Waals surface area contributed by atoms with Crippen LogP contribution in [0.4, 0.5) is 10.8 Å². The first-order valence-corrected chi connectivity index (χ1v) is 6.07. The molecule has 0 spiro atoms. The van der Waals surface area contributed by atoms with Crippen molar-refractivity contribution >= 4 is 34.1 Å². The van der Waals surface area contributed by atoms with Crippen LogP contribution in [0.2, 0.25) is 0 Å². The molecule has 0 aliphatic carbocycles. The van der Waals surface area contributed by atoms with E-state index in [-0.39, 0.29) is 0 Å². The van der Waals surface area contributed by atoms with E-state index >= 15 is 0 Å². The number of methoxy groups -OCH3 is 1. The normalized spacial score (nSPS) is 10.1. The maximum absolute atomic E-state index is 5.59. The lowest BCUT2D eigenvalue weighted by molar-refractivity contribution is 0.407. The van der Waals surface area contributed by atoms with Crippen molar-refractivity contribution in [3.63, 3.8) is 0 Å². The van der Waals surface area contributed by atoms with E-state index in [4.69, 9.17) is 10.5 Å². The van der Waals surface area contributed by atoms with Gasteiger partial charge in [0, 0.05) is 10.6 Å². The van der Waals surface area contributed by atoms with Crippen molar-refractivity contribution in [2.24, 2.45) is 0 Å². The summed E-state index contributed by atoms with van der Waals surface area (Å²) in [6, 6.07) is 7.58. The summed E-state index contributed by atoms with van der Waals surface area (Å²) >= 11 is 2.81. The van der Waals surface area contributed by atoms with Gasteiger partial charge in [-0.2, -0.15) is 0 Å². The maximum Gasteiger partial charge on any atom is 0.295 e. The number of rotatable bonds is 4. The third-order valence-corrected chi connectivity index (χ3v) is 3.45. The summed E-state index contributed by atoms with van der Waals surface area (Å²) in [7, 11) is 1.57. The fraction of sp³-hybridized carbons (Fsp3) is 0.111. The number of nitrogens with two attached hydrogens (primary N) is 1. The van der Waals surface area contributed by atoms with E-state index < -0.39 is 0 Å². The van der Waals surface area contributed by atoms with Gasteiger partial charge in [-0.25, -0.2) is 0 Å². The zero-order chi connectivity index (χ0) is 11.4. The van der Waals surface area contributed by atoms with Gasteiger partial charge in [0.25, 0.3) is 5.19 Å². The topological polar surface area (TPSA) is 73.1 Å². The molecule has 3 N–H and O–H groups in total. The third kappa shape index (κ3) is 2.77. The Labute approximate surface area is 101 Å². The molecule has 0 saturated carbocycles. The van der Waals surface area contributed by atoms with Gasteiger partial charge in [-0.3, -0.25) is 4.72 Å². The molecule has 0 aliphatic heterocycles. The molecule has 0 amide bonds. The summed E-state index contributed by atoms with van der Waals surface area (Å²) in [5.41, 5.74) is 6.34. The molecule has 0 atom stereocenters. The molecular formula is C9H10N4OS2. The first-order valence-electron chi connectivity index (χ1n) is 4.44. The number of hydrogen-bond acceptors (Lipinski definition) is 7. The van der Waals surface area contributed by atoms with Crippen LogP contribution in [0.1, 0.15) is 0 Å². The molecule has 0 unspecified atom stereocenters. The zero-order valence-corrected chi connectivity index (χ0v) is 10.1. The summed E-state index contributed by atoms with van der Waals surface area (Å²) in [6.45, 7) is 0. The van der Waals surface area contributed by atoms with Crippen molar-refractivity contribution in [2.45, 2.75) is 4.90 Å². The van der Waals surface area contributed by atoms with Crippen LogP contribution in [0.5, 0.6) is 5.19 Å². The highest BCUT2D eigenvalue weighted by Crippen LogP contribution is 2.27. The Morgan fingerprint density at radius 2 is 2.06 bits per heavy atom. The van der Waals surface area contributed by atoms with E-state index in [1.807, 2.05) is 24.3 Å². The average Bonchev–Trinajstić information content (AvgIpc) is 2.76. The lowest BCUT2D eigenvalue weighted by atomic mass is 10.3. The Morgan fingerprint density at radius 3 is 2.69 bits per heavy atom. The van der Waals surface area contributed by atoms with E-state index in [2.05, 4.69) is 14.9 Å². The van der Waals surface area contributed by atoms with Crippen molar-refractivity contribution in [3.05, 3.63) is 24.3 Å². The Morgan fingerprint density at radius 1 is 1.31 bits per heavy atom. The third-order valence-electron chi connectivity index (χ3n) is 1.72. The van der Waals surface area contributed by atoms with Gasteiger partial charge in [0.05, 0.1) is 7.11 Å². The van der Waals surface area contributed by atoms with E-state index in [1.54, 1.807) is 7.11 Å². The van der Waals surface area contributed by atoms with E-state index in [9.17, 15) is 0 Å². The second kappa shape index (κ2) is 5.04. The van der Waals surface area contributed by atoms with Gasteiger partial charge < -0.3 is 10.5 Å². The van der Waals surface area contributed by atoms with Gasteiger partial charge in [-0.15, -0.1) is 5.10 Å². The largest absolute Gasteiger partial charge is 0.472 e. The Hall–Kier alpha value is -1.47. The quantitative estimate of drug-likeness (QED) is 0.644. The molecular weight excluding hydrogens is 244 g/mol. The Balaban J connectivity index is 1.94. The minimum absolute atomic E-state index is 0.542. The smallest absolute Gasteiger partial charge is 0.295 e. The summed E-state index contributed by atoms with van der Waals surface area (Å²) < 4.78 is 8.02. The first-order chi connectivity index (χ1) is 7.78. The molecule has 1 aromatic heterocycles. The lowest BCUT2D eigenvalue weighted by Crippen LogP contribution is -1.87. The molecule has 84 valence electrons. The van der Waals surface area contributed by atoms with Crippen LogP contribution < -0.4 is 15.2 Å². The van der Waals surface area contributed by atoms with Crippen molar-refractivity contribution in [1.29, 1.82) is 0 Å². The minimum Gasteiger partial charge on any atom is -0.472 e. The van der Waals surface area contributed by atoms with Crippen molar-refractivity contribution < 1.29 is 4.74 Å². The summed E-state index contributed by atoms with van der Waals surface area (Å²) in [4.78, 5) is 1.06. The van der Waals surface area contributed by atoms with Crippen LogP contribution in [-0.2, 0) is 0 Å². The molecule has 2 aromatic rings. The number of nitrogens with one attached hydrogen (secondary N) is 1. The number of nitrogen functional groups attached to an aromatic ring is 1. The minimum atomic E-state index is 0.542. The number of hydrogen-bond donors (Lipinski definition) is 2. The molecule has 0 fully saturated rings.